The van der Waals surface area contributed by atoms with Gasteiger partial charge in [-0.1, -0.05) is 18.2 Å². The molecule has 0 atom stereocenters. The maximum absolute atomic E-state index is 13.2. The fraction of sp³-hybridized carbons (Fsp3) is 0.263. The molecular formula is C19H19N7O3S. The number of hydrogen-bond donors (Lipinski definition) is 1. The summed E-state index contributed by atoms with van der Waals surface area (Å²) in [6.45, 7) is 0.683. The van der Waals surface area contributed by atoms with Crippen LogP contribution in [0.15, 0.2) is 64.5 Å². The molecule has 0 spiro atoms. The minimum atomic E-state index is -3.66. The third-order valence-electron chi connectivity index (χ3n) is 5.48. The van der Waals surface area contributed by atoms with E-state index in [0.29, 0.717) is 31.6 Å². The summed E-state index contributed by atoms with van der Waals surface area (Å²) in [7, 11) is -3.66. The van der Waals surface area contributed by atoms with Crippen LogP contribution in [-0.2, 0) is 10.0 Å². The summed E-state index contributed by atoms with van der Waals surface area (Å²) >= 11 is 0. The molecule has 1 aliphatic heterocycles. The number of nitrogens with zero attached hydrogens (tertiary/aromatic N) is 6. The lowest BCUT2D eigenvalue weighted by Gasteiger charge is -2.31. The van der Waals surface area contributed by atoms with Gasteiger partial charge < -0.3 is 4.98 Å². The Kier molecular flexibility index (Phi) is 4.48. The number of para-hydroxylation sites is 2. The molecule has 0 aliphatic carbocycles. The van der Waals surface area contributed by atoms with Gasteiger partial charge in [0.05, 0.1) is 21.6 Å². The van der Waals surface area contributed by atoms with Gasteiger partial charge in [0.25, 0.3) is 0 Å². The Hall–Kier alpha value is -3.31. The lowest BCUT2D eigenvalue weighted by molar-refractivity contribution is 0.274. The van der Waals surface area contributed by atoms with E-state index in [1.165, 1.54) is 15.3 Å². The minimum Gasteiger partial charge on any atom is -0.306 e. The van der Waals surface area contributed by atoms with Crippen molar-refractivity contribution in [1.82, 2.24) is 34.1 Å². The number of benzene rings is 2. The number of hydrogen-bond acceptors (Lipinski definition) is 6. The van der Waals surface area contributed by atoms with Gasteiger partial charge in [0.1, 0.15) is 6.33 Å². The van der Waals surface area contributed by atoms with Crippen molar-refractivity contribution < 1.29 is 8.42 Å². The van der Waals surface area contributed by atoms with Crippen molar-refractivity contribution in [2.45, 2.75) is 23.8 Å². The molecule has 1 aliphatic rings. The SMILES string of the molecule is O=c1[nH]c2ccccc2n1C1CCN(S(=O)(=O)c2cccc(-n3cnnn3)c2)CC1. The molecule has 1 saturated heterocycles. The molecule has 2 aromatic carbocycles. The highest BCUT2D eigenvalue weighted by atomic mass is 32.2. The normalized spacial score (nSPS) is 16.3. The summed E-state index contributed by atoms with van der Waals surface area (Å²) in [4.78, 5) is 15.5. The van der Waals surface area contributed by atoms with E-state index in [1.807, 2.05) is 24.3 Å². The Morgan fingerprint density at radius 1 is 1.03 bits per heavy atom. The first kappa shape index (κ1) is 18.7. The van der Waals surface area contributed by atoms with E-state index in [4.69, 9.17) is 0 Å². The van der Waals surface area contributed by atoms with Crippen LogP contribution >= 0.6 is 0 Å². The summed E-state index contributed by atoms with van der Waals surface area (Å²) in [5, 5.41) is 11.0. The van der Waals surface area contributed by atoms with E-state index in [1.54, 1.807) is 28.8 Å². The van der Waals surface area contributed by atoms with E-state index in [0.717, 1.165) is 11.0 Å². The van der Waals surface area contributed by atoms with E-state index in [2.05, 4.69) is 20.5 Å². The average Bonchev–Trinajstić information content (AvgIpc) is 3.41. The van der Waals surface area contributed by atoms with E-state index >= 15 is 0 Å². The molecule has 0 amide bonds. The van der Waals surface area contributed by atoms with Crippen LogP contribution in [0.4, 0.5) is 0 Å². The van der Waals surface area contributed by atoms with Crippen molar-refractivity contribution in [3.8, 4) is 5.69 Å². The molecule has 0 saturated carbocycles. The van der Waals surface area contributed by atoms with Crippen molar-refractivity contribution >= 4 is 21.1 Å². The van der Waals surface area contributed by atoms with Crippen molar-refractivity contribution in [3.63, 3.8) is 0 Å². The van der Waals surface area contributed by atoms with Gasteiger partial charge in [-0.05, 0) is 53.6 Å². The zero-order valence-corrected chi connectivity index (χ0v) is 16.7. The summed E-state index contributed by atoms with van der Waals surface area (Å²) in [5.41, 5.74) is 2.04. The maximum Gasteiger partial charge on any atom is 0.326 e. The zero-order valence-electron chi connectivity index (χ0n) is 15.9. The molecule has 1 N–H and O–H groups in total. The number of aromatic nitrogens is 6. The first-order valence-corrected chi connectivity index (χ1v) is 11.0. The predicted octanol–water partition coefficient (Wildman–Crippen LogP) is 1.33. The van der Waals surface area contributed by atoms with Gasteiger partial charge in [-0.2, -0.15) is 4.31 Å². The fourth-order valence-corrected chi connectivity index (χ4v) is 5.50. The molecule has 154 valence electrons. The van der Waals surface area contributed by atoms with Crippen molar-refractivity contribution in [3.05, 3.63) is 65.3 Å². The van der Waals surface area contributed by atoms with Gasteiger partial charge in [-0.15, -0.1) is 5.10 Å². The quantitative estimate of drug-likeness (QED) is 0.527. The Morgan fingerprint density at radius 2 is 1.83 bits per heavy atom. The number of tetrazole rings is 1. The second-order valence-electron chi connectivity index (χ2n) is 7.20. The van der Waals surface area contributed by atoms with Crippen LogP contribution in [0.5, 0.6) is 0 Å². The molecule has 11 heteroatoms. The first-order valence-electron chi connectivity index (χ1n) is 9.57. The number of aromatic amines is 1. The Morgan fingerprint density at radius 3 is 2.60 bits per heavy atom. The second kappa shape index (κ2) is 7.18. The summed E-state index contributed by atoms with van der Waals surface area (Å²) < 4.78 is 31.0. The van der Waals surface area contributed by atoms with Crippen molar-refractivity contribution in [2.75, 3.05) is 13.1 Å². The van der Waals surface area contributed by atoms with Crippen LogP contribution in [0.2, 0.25) is 0 Å². The van der Waals surface area contributed by atoms with Gasteiger partial charge in [-0.25, -0.2) is 17.9 Å². The largest absolute Gasteiger partial charge is 0.326 e. The molecule has 0 bridgehead atoms. The second-order valence-corrected chi connectivity index (χ2v) is 9.14. The number of sulfonamides is 1. The Labute approximate surface area is 171 Å². The van der Waals surface area contributed by atoms with Crippen molar-refractivity contribution in [2.24, 2.45) is 0 Å². The molecule has 2 aromatic heterocycles. The van der Waals surface area contributed by atoms with E-state index in [-0.39, 0.29) is 16.6 Å². The Balaban J connectivity index is 1.38. The molecule has 5 rings (SSSR count). The first-order chi connectivity index (χ1) is 14.5. The fourth-order valence-electron chi connectivity index (χ4n) is 3.99. The third-order valence-corrected chi connectivity index (χ3v) is 7.38. The smallest absolute Gasteiger partial charge is 0.306 e. The summed E-state index contributed by atoms with van der Waals surface area (Å²) in [6.07, 6.45) is 2.54. The van der Waals surface area contributed by atoms with Crippen LogP contribution in [0, 0.1) is 0 Å². The lowest BCUT2D eigenvalue weighted by Crippen LogP contribution is -2.40. The number of imidazole rings is 1. The lowest BCUT2D eigenvalue weighted by atomic mass is 10.1. The van der Waals surface area contributed by atoms with Gasteiger partial charge in [-0.3, -0.25) is 4.57 Å². The predicted molar refractivity (Wildman–Crippen MR) is 109 cm³/mol. The topological polar surface area (TPSA) is 119 Å². The highest BCUT2D eigenvalue weighted by Gasteiger charge is 2.31. The van der Waals surface area contributed by atoms with Crippen LogP contribution < -0.4 is 5.69 Å². The molecule has 30 heavy (non-hydrogen) atoms. The van der Waals surface area contributed by atoms with Crippen molar-refractivity contribution in [1.29, 1.82) is 0 Å². The molecule has 1 fully saturated rings. The zero-order chi connectivity index (χ0) is 20.7. The average molecular weight is 425 g/mol. The minimum absolute atomic E-state index is 0.0485. The van der Waals surface area contributed by atoms with Gasteiger partial charge in [0.2, 0.25) is 10.0 Å². The molecule has 10 nitrogen and oxygen atoms in total. The van der Waals surface area contributed by atoms with Gasteiger partial charge >= 0.3 is 5.69 Å². The number of nitrogens with one attached hydrogen (secondary N) is 1. The summed E-state index contributed by atoms with van der Waals surface area (Å²) in [5.74, 6) is 0. The molecule has 0 unspecified atom stereocenters. The highest BCUT2D eigenvalue weighted by molar-refractivity contribution is 7.89. The monoisotopic (exact) mass is 425 g/mol. The summed E-state index contributed by atoms with van der Waals surface area (Å²) in [6, 6.07) is 14.0. The Bertz CT molecular complexity index is 1350. The molecule has 4 aromatic rings. The van der Waals surface area contributed by atoms with Gasteiger partial charge in [0, 0.05) is 19.1 Å². The number of piperidine rings is 1. The standard InChI is InChI=1S/C19H19N7O3S/c27-19-21-17-6-1-2-7-18(17)26(19)14-8-10-24(11-9-14)30(28,29)16-5-3-4-15(12-16)25-13-20-22-23-25/h1-7,12-14H,8-11H2,(H,21,27). The number of H-pyrrole nitrogens is 1. The number of rotatable bonds is 4. The molecular weight excluding hydrogens is 406 g/mol. The van der Waals surface area contributed by atoms with Crippen LogP contribution in [-0.4, -0.2) is 55.6 Å². The maximum atomic E-state index is 13.2. The van der Waals surface area contributed by atoms with Crippen LogP contribution in [0.1, 0.15) is 18.9 Å². The number of fused-ring (bicyclic) bond motifs is 1. The van der Waals surface area contributed by atoms with E-state index in [9.17, 15) is 13.2 Å². The van der Waals surface area contributed by atoms with Gasteiger partial charge in [0.15, 0.2) is 0 Å². The molecule has 0 radical (unpaired) electrons. The third kappa shape index (κ3) is 3.12. The van der Waals surface area contributed by atoms with E-state index < -0.39 is 10.0 Å². The van der Waals surface area contributed by atoms with Crippen LogP contribution in [0.3, 0.4) is 0 Å². The molecule has 3 heterocycles. The van der Waals surface area contributed by atoms with Crippen LogP contribution in [0.25, 0.3) is 16.7 Å². The highest BCUT2D eigenvalue weighted by Crippen LogP contribution is 2.28.